The van der Waals surface area contributed by atoms with Crippen LogP contribution in [-0.4, -0.2) is 27.5 Å². The van der Waals surface area contributed by atoms with Gasteiger partial charge in [0.2, 0.25) is 0 Å². The van der Waals surface area contributed by atoms with Crippen LogP contribution in [0.15, 0.2) is 34.9 Å². The summed E-state index contributed by atoms with van der Waals surface area (Å²) in [5, 5.41) is 20.2. The first-order valence-electron chi connectivity index (χ1n) is 5.53. The number of hydrogen-bond donors (Lipinski definition) is 2. The van der Waals surface area contributed by atoms with Crippen LogP contribution in [0.5, 0.6) is 0 Å². The molecule has 3 nitrogen and oxygen atoms in total. The SMILES string of the molecule is CC(C)([C@@H](O)CO)n1cc(Br)c2ccccc21. The van der Waals surface area contributed by atoms with E-state index in [1.54, 1.807) is 0 Å². The van der Waals surface area contributed by atoms with Crippen molar-refractivity contribution in [3.8, 4) is 0 Å². The second-order valence-electron chi connectivity index (χ2n) is 4.72. The minimum Gasteiger partial charge on any atom is -0.394 e. The number of aliphatic hydroxyl groups is 2. The molecule has 0 unspecified atom stereocenters. The van der Waals surface area contributed by atoms with Gasteiger partial charge in [0.25, 0.3) is 0 Å². The van der Waals surface area contributed by atoms with Crippen molar-refractivity contribution in [3.63, 3.8) is 0 Å². The van der Waals surface area contributed by atoms with Crippen molar-refractivity contribution < 1.29 is 10.2 Å². The van der Waals surface area contributed by atoms with Crippen LogP contribution in [0.1, 0.15) is 13.8 Å². The van der Waals surface area contributed by atoms with Crippen molar-refractivity contribution in [2.45, 2.75) is 25.5 Å². The van der Waals surface area contributed by atoms with Gasteiger partial charge in [-0.2, -0.15) is 0 Å². The summed E-state index contributed by atoms with van der Waals surface area (Å²) in [6, 6.07) is 7.98. The maximum atomic E-state index is 9.92. The summed E-state index contributed by atoms with van der Waals surface area (Å²) in [6.07, 6.45) is 1.15. The molecule has 0 fully saturated rings. The molecule has 0 saturated heterocycles. The summed E-state index contributed by atoms with van der Waals surface area (Å²) in [4.78, 5) is 0. The first kappa shape index (κ1) is 12.6. The third-order valence-electron chi connectivity index (χ3n) is 3.27. The largest absolute Gasteiger partial charge is 0.394 e. The van der Waals surface area contributed by atoms with E-state index in [4.69, 9.17) is 5.11 Å². The van der Waals surface area contributed by atoms with E-state index in [1.807, 2.05) is 48.9 Å². The fraction of sp³-hybridized carbons (Fsp3) is 0.385. The Bertz CT molecular complexity index is 533. The zero-order valence-electron chi connectivity index (χ0n) is 9.89. The van der Waals surface area contributed by atoms with E-state index in [-0.39, 0.29) is 6.61 Å². The van der Waals surface area contributed by atoms with Crippen LogP contribution in [0.3, 0.4) is 0 Å². The smallest absolute Gasteiger partial charge is 0.0999 e. The Balaban J connectivity index is 2.63. The van der Waals surface area contributed by atoms with Crippen molar-refractivity contribution in [2.24, 2.45) is 0 Å². The van der Waals surface area contributed by atoms with Crippen molar-refractivity contribution in [2.75, 3.05) is 6.61 Å². The van der Waals surface area contributed by atoms with Crippen molar-refractivity contribution in [1.29, 1.82) is 0 Å². The Labute approximate surface area is 109 Å². The summed E-state index contributed by atoms with van der Waals surface area (Å²) < 4.78 is 2.99. The molecule has 2 rings (SSSR count). The molecule has 2 aromatic rings. The Morgan fingerprint density at radius 3 is 2.65 bits per heavy atom. The molecule has 0 aliphatic carbocycles. The number of aromatic nitrogens is 1. The average Bonchev–Trinajstić information content (AvgIpc) is 2.67. The molecule has 1 heterocycles. The molecule has 1 aromatic heterocycles. The van der Waals surface area contributed by atoms with Crippen LogP contribution < -0.4 is 0 Å². The maximum Gasteiger partial charge on any atom is 0.0999 e. The fourth-order valence-corrected chi connectivity index (χ4v) is 2.54. The Morgan fingerprint density at radius 2 is 2.00 bits per heavy atom. The highest BCUT2D eigenvalue weighted by atomic mass is 79.9. The first-order chi connectivity index (χ1) is 7.98. The minimum atomic E-state index is -0.801. The van der Waals surface area contributed by atoms with Gasteiger partial charge in [-0.25, -0.2) is 0 Å². The first-order valence-corrected chi connectivity index (χ1v) is 6.32. The van der Waals surface area contributed by atoms with E-state index < -0.39 is 11.6 Å². The topological polar surface area (TPSA) is 45.4 Å². The Kier molecular flexibility index (Phi) is 3.30. The van der Waals surface area contributed by atoms with Gasteiger partial charge < -0.3 is 14.8 Å². The van der Waals surface area contributed by atoms with Gasteiger partial charge in [0.05, 0.1) is 18.2 Å². The van der Waals surface area contributed by atoms with Crippen molar-refractivity contribution >= 4 is 26.8 Å². The van der Waals surface area contributed by atoms with E-state index in [2.05, 4.69) is 15.9 Å². The summed E-state index contributed by atoms with van der Waals surface area (Å²) in [6.45, 7) is 3.57. The van der Waals surface area contributed by atoms with E-state index in [0.29, 0.717) is 0 Å². The molecule has 0 radical (unpaired) electrons. The third kappa shape index (κ3) is 2.01. The lowest BCUT2D eigenvalue weighted by molar-refractivity contribution is 0.0123. The second kappa shape index (κ2) is 4.44. The molecule has 0 aliphatic heterocycles. The second-order valence-corrected chi connectivity index (χ2v) is 5.57. The number of benzene rings is 1. The highest BCUT2D eigenvalue weighted by molar-refractivity contribution is 9.10. The molecule has 0 bridgehead atoms. The zero-order valence-corrected chi connectivity index (χ0v) is 11.5. The monoisotopic (exact) mass is 297 g/mol. The normalized spacial score (nSPS) is 14.2. The molecule has 4 heteroatoms. The fourth-order valence-electron chi connectivity index (χ4n) is 2.00. The Morgan fingerprint density at radius 1 is 1.35 bits per heavy atom. The number of rotatable bonds is 3. The van der Waals surface area contributed by atoms with Crippen LogP contribution in [-0.2, 0) is 5.54 Å². The van der Waals surface area contributed by atoms with Crippen LogP contribution in [0.4, 0.5) is 0 Å². The highest BCUT2D eigenvalue weighted by Gasteiger charge is 2.30. The van der Waals surface area contributed by atoms with E-state index in [9.17, 15) is 5.11 Å². The molecular formula is C13H16BrNO2. The molecule has 92 valence electrons. The average molecular weight is 298 g/mol. The summed E-state index contributed by atoms with van der Waals surface area (Å²) in [7, 11) is 0. The van der Waals surface area contributed by atoms with E-state index in [0.717, 1.165) is 15.4 Å². The predicted molar refractivity (Wildman–Crippen MR) is 72.1 cm³/mol. The third-order valence-corrected chi connectivity index (χ3v) is 3.90. The molecule has 0 saturated carbocycles. The predicted octanol–water partition coefficient (Wildman–Crippen LogP) is 2.49. The van der Waals surface area contributed by atoms with E-state index >= 15 is 0 Å². The lowest BCUT2D eigenvalue weighted by atomic mass is 9.97. The van der Waals surface area contributed by atoms with Gasteiger partial charge in [-0.3, -0.25) is 0 Å². The van der Waals surface area contributed by atoms with Gasteiger partial charge in [0.15, 0.2) is 0 Å². The number of halogens is 1. The maximum absolute atomic E-state index is 9.92. The molecule has 1 atom stereocenters. The standard InChI is InChI=1S/C13H16BrNO2/c1-13(2,12(17)8-16)15-7-10(14)9-5-3-4-6-11(9)15/h3-7,12,16-17H,8H2,1-2H3/t12-/m0/s1. The lowest BCUT2D eigenvalue weighted by Crippen LogP contribution is -2.41. The van der Waals surface area contributed by atoms with Gasteiger partial charge in [0, 0.05) is 21.6 Å². The number of para-hydroxylation sites is 1. The molecule has 0 aliphatic rings. The van der Waals surface area contributed by atoms with Crippen LogP contribution >= 0.6 is 15.9 Å². The van der Waals surface area contributed by atoms with Crippen molar-refractivity contribution in [3.05, 3.63) is 34.9 Å². The molecule has 1 aromatic carbocycles. The number of fused-ring (bicyclic) bond motifs is 1. The Hall–Kier alpha value is -0.840. The number of aliphatic hydroxyl groups excluding tert-OH is 2. The van der Waals surface area contributed by atoms with Crippen LogP contribution in [0, 0.1) is 0 Å². The number of nitrogens with zero attached hydrogens (tertiary/aromatic N) is 1. The summed E-state index contributed by atoms with van der Waals surface area (Å²) >= 11 is 3.52. The zero-order chi connectivity index (χ0) is 12.6. The lowest BCUT2D eigenvalue weighted by Gasteiger charge is -2.32. The van der Waals surface area contributed by atoms with Gasteiger partial charge in [0.1, 0.15) is 0 Å². The van der Waals surface area contributed by atoms with Crippen LogP contribution in [0.25, 0.3) is 10.9 Å². The van der Waals surface area contributed by atoms with Crippen molar-refractivity contribution in [1.82, 2.24) is 4.57 Å². The molecule has 0 amide bonds. The highest BCUT2D eigenvalue weighted by Crippen LogP contribution is 2.32. The number of hydrogen-bond acceptors (Lipinski definition) is 2. The van der Waals surface area contributed by atoms with Gasteiger partial charge in [-0.1, -0.05) is 18.2 Å². The molecule has 2 N–H and O–H groups in total. The summed E-state index contributed by atoms with van der Waals surface area (Å²) in [5.41, 5.74) is 0.484. The van der Waals surface area contributed by atoms with Gasteiger partial charge in [-0.15, -0.1) is 0 Å². The molecule has 17 heavy (non-hydrogen) atoms. The molecule has 0 spiro atoms. The molecular weight excluding hydrogens is 282 g/mol. The quantitative estimate of drug-likeness (QED) is 0.914. The van der Waals surface area contributed by atoms with Gasteiger partial charge >= 0.3 is 0 Å². The summed E-state index contributed by atoms with van der Waals surface area (Å²) in [5.74, 6) is 0. The van der Waals surface area contributed by atoms with Gasteiger partial charge in [-0.05, 0) is 35.8 Å². The van der Waals surface area contributed by atoms with E-state index in [1.165, 1.54) is 0 Å². The minimum absolute atomic E-state index is 0.253. The van der Waals surface area contributed by atoms with Crippen LogP contribution in [0.2, 0.25) is 0 Å².